The van der Waals surface area contributed by atoms with Crippen molar-refractivity contribution in [2.45, 2.75) is 13.3 Å². The molecule has 0 spiro atoms. The summed E-state index contributed by atoms with van der Waals surface area (Å²) in [5.74, 6) is 1.04. The van der Waals surface area contributed by atoms with E-state index in [9.17, 15) is 0 Å². The normalized spacial score (nSPS) is 10.9. The quantitative estimate of drug-likeness (QED) is 0.744. The first-order valence-electron chi connectivity index (χ1n) is 6.18. The summed E-state index contributed by atoms with van der Waals surface area (Å²) in [6.45, 7) is 2.55. The van der Waals surface area contributed by atoms with Crippen molar-refractivity contribution in [3.8, 4) is 5.88 Å². The number of rotatable bonds is 5. The molecule has 0 amide bonds. The van der Waals surface area contributed by atoms with E-state index in [0.717, 1.165) is 17.5 Å². The molecular formula is C12H14N6OS. The second kappa shape index (κ2) is 5.41. The van der Waals surface area contributed by atoms with Gasteiger partial charge in [0.15, 0.2) is 5.65 Å². The lowest BCUT2D eigenvalue weighted by Gasteiger charge is -2.07. The minimum atomic E-state index is 0.505. The maximum absolute atomic E-state index is 5.78. The van der Waals surface area contributed by atoms with E-state index in [1.807, 2.05) is 12.4 Å². The van der Waals surface area contributed by atoms with E-state index >= 15 is 0 Å². The Labute approximate surface area is 119 Å². The zero-order valence-corrected chi connectivity index (χ0v) is 12.0. The van der Waals surface area contributed by atoms with Crippen LogP contribution in [0.25, 0.3) is 11.0 Å². The van der Waals surface area contributed by atoms with E-state index in [2.05, 4.69) is 30.5 Å². The van der Waals surface area contributed by atoms with Gasteiger partial charge in [-0.1, -0.05) is 0 Å². The van der Waals surface area contributed by atoms with Crippen molar-refractivity contribution in [3.63, 3.8) is 0 Å². The van der Waals surface area contributed by atoms with Gasteiger partial charge in [-0.15, -0.1) is 11.3 Å². The first-order valence-corrected chi connectivity index (χ1v) is 7.06. The van der Waals surface area contributed by atoms with Gasteiger partial charge in [0.2, 0.25) is 11.8 Å². The van der Waals surface area contributed by atoms with Crippen LogP contribution in [0.1, 0.15) is 10.6 Å². The Morgan fingerprint density at radius 1 is 1.40 bits per heavy atom. The van der Waals surface area contributed by atoms with Crippen LogP contribution in [0.15, 0.2) is 11.7 Å². The van der Waals surface area contributed by atoms with Crippen LogP contribution in [0.2, 0.25) is 0 Å². The first kappa shape index (κ1) is 12.8. The summed E-state index contributed by atoms with van der Waals surface area (Å²) in [6, 6.07) is 0. The minimum absolute atomic E-state index is 0.505. The highest BCUT2D eigenvalue weighted by atomic mass is 32.1. The van der Waals surface area contributed by atoms with Crippen LogP contribution >= 0.6 is 11.3 Å². The molecule has 0 bridgehead atoms. The molecule has 0 aliphatic carbocycles. The zero-order valence-electron chi connectivity index (χ0n) is 11.2. The van der Waals surface area contributed by atoms with Crippen LogP contribution in [-0.4, -0.2) is 38.8 Å². The maximum Gasteiger partial charge on any atom is 0.229 e. The van der Waals surface area contributed by atoms with Gasteiger partial charge >= 0.3 is 0 Å². The molecule has 0 fully saturated rings. The highest BCUT2D eigenvalue weighted by Gasteiger charge is 2.10. The Morgan fingerprint density at radius 3 is 3.05 bits per heavy atom. The number of hydrogen-bond donors (Lipinski definition) is 2. The monoisotopic (exact) mass is 290 g/mol. The second-order valence-electron chi connectivity index (χ2n) is 4.19. The number of ether oxygens (including phenoxy) is 1. The highest BCUT2D eigenvalue weighted by Crippen LogP contribution is 2.22. The summed E-state index contributed by atoms with van der Waals surface area (Å²) in [6.07, 6.45) is 2.48. The molecule has 3 rings (SSSR count). The molecule has 104 valence electrons. The molecule has 0 aliphatic rings. The second-order valence-corrected chi connectivity index (χ2v) is 5.13. The Morgan fingerprint density at radius 2 is 2.30 bits per heavy atom. The molecule has 0 radical (unpaired) electrons. The summed E-state index contributed by atoms with van der Waals surface area (Å²) >= 11 is 1.64. The van der Waals surface area contributed by atoms with Gasteiger partial charge < -0.3 is 10.1 Å². The summed E-state index contributed by atoms with van der Waals surface area (Å²) < 4.78 is 5.78. The lowest BCUT2D eigenvalue weighted by molar-refractivity contribution is 0.314. The van der Waals surface area contributed by atoms with Crippen molar-refractivity contribution < 1.29 is 4.74 Å². The van der Waals surface area contributed by atoms with E-state index in [1.54, 1.807) is 24.6 Å². The zero-order chi connectivity index (χ0) is 13.9. The van der Waals surface area contributed by atoms with E-state index in [1.165, 1.54) is 4.88 Å². The van der Waals surface area contributed by atoms with E-state index in [4.69, 9.17) is 4.74 Å². The summed E-state index contributed by atoms with van der Waals surface area (Å²) in [7, 11) is 1.77. The van der Waals surface area contributed by atoms with Crippen LogP contribution in [0.3, 0.4) is 0 Å². The fraction of sp³-hybridized carbons (Fsp3) is 0.333. The van der Waals surface area contributed by atoms with Gasteiger partial charge in [-0.05, 0) is 6.92 Å². The van der Waals surface area contributed by atoms with E-state index in [0.29, 0.717) is 24.1 Å². The minimum Gasteiger partial charge on any atom is -0.477 e. The molecule has 0 saturated carbocycles. The average Bonchev–Trinajstić information content (AvgIpc) is 3.07. The molecule has 20 heavy (non-hydrogen) atoms. The van der Waals surface area contributed by atoms with E-state index < -0.39 is 0 Å². The maximum atomic E-state index is 5.78. The number of nitrogens with one attached hydrogen (secondary N) is 2. The molecule has 0 aliphatic heterocycles. The van der Waals surface area contributed by atoms with Gasteiger partial charge in [0.1, 0.15) is 5.39 Å². The average molecular weight is 290 g/mol. The molecule has 3 heterocycles. The Balaban J connectivity index is 1.76. The fourth-order valence-corrected chi connectivity index (χ4v) is 2.60. The van der Waals surface area contributed by atoms with Crippen LogP contribution < -0.4 is 10.1 Å². The fourth-order valence-electron chi connectivity index (χ4n) is 1.84. The molecule has 0 saturated heterocycles. The number of fused-ring (bicyclic) bond motifs is 1. The van der Waals surface area contributed by atoms with E-state index in [-0.39, 0.29) is 0 Å². The summed E-state index contributed by atoms with van der Waals surface area (Å²) in [5, 5.41) is 10.5. The summed E-state index contributed by atoms with van der Waals surface area (Å²) in [5.41, 5.74) is 3.57. The van der Waals surface area contributed by atoms with Gasteiger partial charge in [0, 0.05) is 18.3 Å². The molecule has 0 atom stereocenters. The SMILES string of the molecule is CNc1nc(OCCc2scnc2C)c2cn[nH]c2n1. The van der Waals surface area contributed by atoms with Crippen molar-refractivity contribution in [2.75, 3.05) is 19.0 Å². The molecule has 0 aromatic carbocycles. The number of anilines is 1. The topological polar surface area (TPSA) is 88.6 Å². The molecular weight excluding hydrogens is 276 g/mol. The predicted octanol–water partition coefficient (Wildman–Crippen LogP) is 1.78. The third-order valence-corrected chi connectivity index (χ3v) is 3.91. The largest absolute Gasteiger partial charge is 0.477 e. The third-order valence-electron chi connectivity index (χ3n) is 2.91. The number of aromatic amines is 1. The van der Waals surface area contributed by atoms with Crippen molar-refractivity contribution in [1.29, 1.82) is 0 Å². The number of nitrogens with zero attached hydrogens (tertiary/aromatic N) is 4. The van der Waals surface area contributed by atoms with Crippen molar-refractivity contribution >= 4 is 28.3 Å². The Bertz CT molecular complexity index is 722. The Hall–Kier alpha value is -2.22. The summed E-state index contributed by atoms with van der Waals surface area (Å²) in [4.78, 5) is 14.0. The van der Waals surface area contributed by atoms with Gasteiger partial charge in [0.05, 0.1) is 24.0 Å². The van der Waals surface area contributed by atoms with Crippen molar-refractivity contribution in [1.82, 2.24) is 25.1 Å². The highest BCUT2D eigenvalue weighted by molar-refractivity contribution is 7.09. The van der Waals surface area contributed by atoms with Crippen LogP contribution in [-0.2, 0) is 6.42 Å². The van der Waals surface area contributed by atoms with Crippen LogP contribution in [0, 0.1) is 6.92 Å². The molecule has 7 nitrogen and oxygen atoms in total. The number of aryl methyl sites for hydroxylation is 1. The lowest BCUT2D eigenvalue weighted by atomic mass is 10.3. The lowest BCUT2D eigenvalue weighted by Crippen LogP contribution is -2.05. The molecule has 8 heteroatoms. The van der Waals surface area contributed by atoms with Crippen LogP contribution in [0.5, 0.6) is 5.88 Å². The van der Waals surface area contributed by atoms with Gasteiger partial charge in [-0.25, -0.2) is 4.98 Å². The van der Waals surface area contributed by atoms with Crippen molar-refractivity contribution in [2.24, 2.45) is 0 Å². The third kappa shape index (κ3) is 2.42. The standard InChI is InChI=1S/C12H14N6OS/c1-7-9(20-6-14-7)3-4-19-11-8-5-15-18-10(8)16-12(13-2)17-11/h5-6H,3-4H2,1-2H3,(H2,13,15,16,17,18). The van der Waals surface area contributed by atoms with Gasteiger partial charge in [0.25, 0.3) is 0 Å². The van der Waals surface area contributed by atoms with Crippen molar-refractivity contribution in [3.05, 3.63) is 22.3 Å². The van der Waals surface area contributed by atoms with Crippen LogP contribution in [0.4, 0.5) is 5.95 Å². The molecule has 3 aromatic heterocycles. The Kier molecular flexibility index (Phi) is 3.46. The first-order chi connectivity index (χ1) is 9.78. The molecule has 0 unspecified atom stereocenters. The number of thiazole rings is 1. The molecule has 3 aromatic rings. The number of H-pyrrole nitrogens is 1. The van der Waals surface area contributed by atoms with Gasteiger partial charge in [-0.2, -0.15) is 15.1 Å². The smallest absolute Gasteiger partial charge is 0.229 e. The molecule has 2 N–H and O–H groups in total. The number of hydrogen-bond acceptors (Lipinski definition) is 7. The number of aromatic nitrogens is 5. The predicted molar refractivity (Wildman–Crippen MR) is 77.3 cm³/mol. The van der Waals surface area contributed by atoms with Gasteiger partial charge in [-0.3, -0.25) is 5.10 Å².